The van der Waals surface area contributed by atoms with E-state index in [0.717, 1.165) is 0 Å². The van der Waals surface area contributed by atoms with Gasteiger partial charge in [0.05, 0.1) is 10.0 Å². The normalized spacial score (nSPS) is 8.31. The van der Waals surface area contributed by atoms with Crippen LogP contribution in [0, 0.1) is 0 Å². The van der Waals surface area contributed by atoms with E-state index in [2.05, 4.69) is 0 Å². The molecular weight excluding hydrogens is 355 g/mol. The number of hydrogen-bond donors (Lipinski definition) is 3. The van der Waals surface area contributed by atoms with E-state index in [-0.39, 0.29) is 158 Å². The van der Waals surface area contributed by atoms with Crippen molar-refractivity contribution in [2.45, 2.75) is 0 Å². The molecule has 0 spiro atoms. The topological polar surface area (TPSA) is 77.8 Å². The van der Waals surface area contributed by atoms with Crippen molar-refractivity contribution in [3.05, 3.63) is 34.3 Å². The van der Waals surface area contributed by atoms with Crippen LogP contribution >= 0.6 is 31.0 Å². The summed E-state index contributed by atoms with van der Waals surface area (Å²) in [6, 6.07) is 7.19. The van der Waals surface area contributed by atoms with Gasteiger partial charge in [-0.25, -0.2) is 4.57 Å². The average Bonchev–Trinajstić information content (AvgIpc) is 1.92. The van der Waals surface area contributed by atoms with Gasteiger partial charge in [-0.3, -0.25) is 0 Å². The molecule has 0 bridgehead atoms. The minimum Gasteiger partial charge on any atom is -1.00 e. The van der Waals surface area contributed by atoms with Gasteiger partial charge in [0.1, 0.15) is 0 Å². The molecule has 0 radical (unpaired) electrons. The van der Waals surface area contributed by atoms with E-state index < -0.39 is 7.82 Å². The van der Waals surface area contributed by atoms with Gasteiger partial charge in [-0.2, -0.15) is 0 Å². The van der Waals surface area contributed by atoms with Crippen molar-refractivity contribution in [3.63, 3.8) is 0 Å². The van der Waals surface area contributed by atoms with Crippen molar-refractivity contribution in [2.24, 2.45) is 0 Å². The Labute approximate surface area is 236 Å². The monoisotopic (exact) mass is 364 g/mol. The first kappa shape index (κ1) is 28.9. The molecule has 4 nitrogen and oxygen atoms in total. The molecule has 80 valence electrons. The summed E-state index contributed by atoms with van der Waals surface area (Å²) in [5.74, 6) is 0. The van der Waals surface area contributed by atoms with Gasteiger partial charge in [-0.05, 0) is 12.1 Å². The van der Waals surface area contributed by atoms with Crippen LogP contribution in [0.1, 0.15) is 4.28 Å². The molecule has 0 saturated carbocycles. The van der Waals surface area contributed by atoms with Gasteiger partial charge in [-0.1, -0.05) is 35.3 Å². The fourth-order valence-electron chi connectivity index (χ4n) is 0.439. The third-order valence-corrected chi connectivity index (χ3v) is 1.58. The van der Waals surface area contributed by atoms with Crippen molar-refractivity contribution in [1.29, 1.82) is 0 Å². The predicted molar refractivity (Wildman–Crippen MR) is 54.1 cm³/mol. The van der Waals surface area contributed by atoms with E-state index in [0.29, 0.717) is 10.0 Å². The van der Waals surface area contributed by atoms with E-state index in [1.807, 2.05) is 12.1 Å². The standard InChI is InChI=1S/C6H4Cl2.3K.H3O4P.3H/c7-5-3-1-2-4-6(5)8;;;;1-5(2,3)4;;;/h1-4H;;;;(H3,1,2,3,4);;;/q;3*+1;;3*-1. The molecule has 1 aromatic carbocycles. The van der Waals surface area contributed by atoms with Crippen molar-refractivity contribution < 1.29 is 178 Å². The quantitative estimate of drug-likeness (QED) is 0.316. The first-order chi connectivity index (χ1) is 5.80. The molecule has 0 fully saturated rings. The second-order valence-corrected chi connectivity index (χ2v) is 3.77. The number of benzene rings is 1. The number of phosphoric acid groups is 1. The third-order valence-electron chi connectivity index (χ3n) is 0.824. The first-order valence-electron chi connectivity index (χ1n) is 2.99. The summed E-state index contributed by atoms with van der Waals surface area (Å²) in [5, 5.41) is 1.21. The van der Waals surface area contributed by atoms with Gasteiger partial charge >= 0.3 is 162 Å². The minimum absolute atomic E-state index is 0. The van der Waals surface area contributed by atoms with Crippen LogP contribution in [-0.4, -0.2) is 14.7 Å². The number of halogens is 2. The molecule has 16 heavy (non-hydrogen) atoms. The summed E-state index contributed by atoms with van der Waals surface area (Å²) < 4.78 is 8.88. The zero-order valence-corrected chi connectivity index (χ0v) is 21.0. The summed E-state index contributed by atoms with van der Waals surface area (Å²) in [5.41, 5.74) is 0. The Morgan fingerprint density at radius 1 is 0.938 bits per heavy atom. The van der Waals surface area contributed by atoms with Crippen LogP contribution in [0.5, 0.6) is 0 Å². The van der Waals surface area contributed by atoms with E-state index in [1.165, 1.54) is 0 Å². The second kappa shape index (κ2) is 16.2. The zero-order chi connectivity index (χ0) is 10.5. The third kappa shape index (κ3) is 23.9. The van der Waals surface area contributed by atoms with Crippen molar-refractivity contribution in [2.75, 3.05) is 0 Å². The molecule has 3 N–H and O–H groups in total. The van der Waals surface area contributed by atoms with Gasteiger partial charge in [0.2, 0.25) is 0 Å². The van der Waals surface area contributed by atoms with Crippen LogP contribution in [0.4, 0.5) is 0 Å². The summed E-state index contributed by atoms with van der Waals surface area (Å²) in [4.78, 5) is 21.6. The van der Waals surface area contributed by atoms with E-state index in [1.54, 1.807) is 12.1 Å². The molecule has 0 aliphatic heterocycles. The Balaban J connectivity index is -0.0000000243. The first-order valence-corrected chi connectivity index (χ1v) is 5.31. The summed E-state index contributed by atoms with van der Waals surface area (Å²) >= 11 is 11.2. The summed E-state index contributed by atoms with van der Waals surface area (Å²) in [7, 11) is -4.64. The van der Waals surface area contributed by atoms with Gasteiger partial charge in [-0.15, -0.1) is 0 Å². The maximum atomic E-state index is 8.88. The fraction of sp³-hybridized carbons (Fsp3) is 0. The van der Waals surface area contributed by atoms with Crippen LogP contribution in [0.3, 0.4) is 0 Å². The van der Waals surface area contributed by atoms with Crippen LogP contribution in [-0.2, 0) is 4.57 Å². The zero-order valence-electron chi connectivity index (χ0n) is 12.3. The fourth-order valence-corrected chi connectivity index (χ4v) is 0.711. The Morgan fingerprint density at radius 2 is 1.12 bits per heavy atom. The van der Waals surface area contributed by atoms with Crippen molar-refractivity contribution >= 4 is 31.0 Å². The molecule has 1 rings (SSSR count). The van der Waals surface area contributed by atoms with Crippen LogP contribution < -0.4 is 154 Å². The van der Waals surface area contributed by atoms with Crippen molar-refractivity contribution in [3.8, 4) is 0 Å². The molecule has 0 unspecified atom stereocenters. The van der Waals surface area contributed by atoms with Gasteiger partial charge < -0.3 is 19.0 Å². The van der Waals surface area contributed by atoms with Crippen LogP contribution in [0.15, 0.2) is 24.3 Å². The van der Waals surface area contributed by atoms with Crippen LogP contribution in [0.2, 0.25) is 10.0 Å². The number of hydrogen-bond acceptors (Lipinski definition) is 1. The molecule has 0 aromatic heterocycles. The molecule has 0 aliphatic carbocycles. The molecule has 0 heterocycles. The van der Waals surface area contributed by atoms with Gasteiger partial charge in [0, 0.05) is 0 Å². The average molecular weight is 365 g/mol. The minimum atomic E-state index is -4.64. The van der Waals surface area contributed by atoms with Crippen LogP contribution in [0.25, 0.3) is 0 Å². The molecule has 0 saturated heterocycles. The van der Waals surface area contributed by atoms with E-state index in [9.17, 15) is 0 Å². The Bertz CT molecular complexity index is 305. The molecule has 0 amide bonds. The largest absolute Gasteiger partial charge is 1.00 e. The molecule has 10 heteroatoms. The molecule has 0 aliphatic rings. The van der Waals surface area contributed by atoms with Gasteiger partial charge in [0.15, 0.2) is 0 Å². The molecule has 1 aromatic rings. The van der Waals surface area contributed by atoms with E-state index >= 15 is 0 Å². The SMILES string of the molecule is Clc1ccccc1Cl.O=P(O)(O)O.[H-].[H-].[H-].[K+].[K+].[K+]. The molecular formula is C6H10Cl2K3O4P. The smallest absolute Gasteiger partial charge is 1.00 e. The Hall–Kier alpha value is 4.82. The predicted octanol–water partition coefficient (Wildman–Crippen LogP) is -6.59. The van der Waals surface area contributed by atoms with Gasteiger partial charge in [0.25, 0.3) is 0 Å². The summed E-state index contributed by atoms with van der Waals surface area (Å²) in [6.07, 6.45) is 0. The second-order valence-electron chi connectivity index (χ2n) is 1.93. The van der Waals surface area contributed by atoms with E-state index in [4.69, 9.17) is 42.4 Å². The maximum Gasteiger partial charge on any atom is 1.00 e. The maximum absolute atomic E-state index is 8.88. The van der Waals surface area contributed by atoms with Crippen molar-refractivity contribution in [1.82, 2.24) is 0 Å². The Kier molecular flexibility index (Phi) is 29.3. The molecule has 0 atom stereocenters. The number of rotatable bonds is 0. The Morgan fingerprint density at radius 3 is 1.25 bits per heavy atom. The summed E-state index contributed by atoms with van der Waals surface area (Å²) in [6.45, 7) is 0.